The molecule has 0 fully saturated rings. The predicted molar refractivity (Wildman–Crippen MR) is 94.3 cm³/mol. The van der Waals surface area contributed by atoms with E-state index in [1.54, 1.807) is 24.3 Å². The van der Waals surface area contributed by atoms with E-state index < -0.39 is 18.0 Å². The van der Waals surface area contributed by atoms with Gasteiger partial charge < -0.3 is 10.1 Å². The van der Waals surface area contributed by atoms with Crippen molar-refractivity contribution in [3.8, 4) is 11.8 Å². The van der Waals surface area contributed by atoms with Crippen LogP contribution in [0.25, 0.3) is 0 Å². The second-order valence-corrected chi connectivity index (χ2v) is 5.66. The highest BCUT2D eigenvalue weighted by Crippen LogP contribution is 2.16. The number of anilines is 1. The summed E-state index contributed by atoms with van der Waals surface area (Å²) in [4.78, 5) is 24.1. The van der Waals surface area contributed by atoms with Crippen molar-refractivity contribution < 1.29 is 14.3 Å². The van der Waals surface area contributed by atoms with Gasteiger partial charge in [0, 0.05) is 5.69 Å². The first kappa shape index (κ1) is 18.0. The molecule has 0 unspecified atom stereocenters. The lowest BCUT2D eigenvalue weighted by Crippen LogP contribution is -2.42. The molecular weight excluding hydrogens is 318 g/mol. The van der Waals surface area contributed by atoms with E-state index in [0.29, 0.717) is 17.0 Å². The number of hydrogen-bond donors (Lipinski definition) is 2. The Morgan fingerprint density at radius 3 is 2.60 bits per heavy atom. The summed E-state index contributed by atoms with van der Waals surface area (Å²) < 4.78 is 5.47. The molecule has 6 heteroatoms. The lowest BCUT2D eigenvalue weighted by Gasteiger charge is -2.15. The minimum absolute atomic E-state index is 0.386. The van der Waals surface area contributed by atoms with Gasteiger partial charge in [0.05, 0.1) is 11.6 Å². The number of nitrogens with one attached hydrogen (secondary N) is 2. The Morgan fingerprint density at radius 2 is 1.92 bits per heavy atom. The van der Waals surface area contributed by atoms with E-state index in [-0.39, 0.29) is 0 Å². The molecule has 2 rings (SSSR count). The summed E-state index contributed by atoms with van der Waals surface area (Å²) >= 11 is 0. The van der Waals surface area contributed by atoms with Crippen molar-refractivity contribution in [1.82, 2.24) is 5.32 Å². The second-order valence-electron chi connectivity index (χ2n) is 5.66. The van der Waals surface area contributed by atoms with Crippen LogP contribution in [0.1, 0.15) is 23.6 Å². The van der Waals surface area contributed by atoms with Crippen molar-refractivity contribution in [2.24, 2.45) is 0 Å². The number of nitriles is 1. The minimum Gasteiger partial charge on any atom is -0.481 e. The molecule has 0 bridgehead atoms. The van der Waals surface area contributed by atoms with Crippen molar-refractivity contribution in [2.75, 3.05) is 5.32 Å². The van der Waals surface area contributed by atoms with Crippen LogP contribution in [0.5, 0.6) is 5.75 Å². The highest BCUT2D eigenvalue weighted by Gasteiger charge is 2.18. The first-order valence-corrected chi connectivity index (χ1v) is 7.75. The molecule has 0 aromatic heterocycles. The van der Waals surface area contributed by atoms with Crippen molar-refractivity contribution in [3.05, 3.63) is 59.2 Å². The van der Waals surface area contributed by atoms with E-state index in [1.165, 1.54) is 13.0 Å². The number of ether oxygens (including phenoxy) is 1. The summed E-state index contributed by atoms with van der Waals surface area (Å²) in [5.74, 6) is -0.193. The van der Waals surface area contributed by atoms with Crippen LogP contribution in [0.15, 0.2) is 42.5 Å². The molecule has 2 aromatic carbocycles. The predicted octanol–water partition coefficient (Wildman–Crippen LogP) is 3.29. The standard InChI is InChI=1S/C19H19N3O3/c1-12-7-8-17(13(2)9-12)21-19(24)22-18(23)14(3)25-16-6-4-5-15(10-16)11-20/h4-10,14H,1-3H3,(H2,21,22,23,24)/t14-/m0/s1. The van der Waals surface area contributed by atoms with Crippen LogP contribution in [0.4, 0.5) is 10.5 Å². The zero-order chi connectivity index (χ0) is 18.4. The van der Waals surface area contributed by atoms with Gasteiger partial charge in [0.1, 0.15) is 5.75 Å². The number of carbonyl (C=O) groups excluding carboxylic acids is 2. The van der Waals surface area contributed by atoms with E-state index in [9.17, 15) is 9.59 Å². The highest BCUT2D eigenvalue weighted by atomic mass is 16.5. The van der Waals surface area contributed by atoms with Gasteiger partial charge in [-0.3, -0.25) is 10.1 Å². The maximum Gasteiger partial charge on any atom is 0.325 e. The summed E-state index contributed by atoms with van der Waals surface area (Å²) in [5, 5.41) is 13.7. The summed E-state index contributed by atoms with van der Waals surface area (Å²) in [6, 6.07) is 13.4. The Hall–Kier alpha value is -3.33. The van der Waals surface area contributed by atoms with Gasteiger partial charge in [0.15, 0.2) is 6.10 Å². The maximum absolute atomic E-state index is 12.1. The Morgan fingerprint density at radius 1 is 1.16 bits per heavy atom. The Balaban J connectivity index is 1.93. The van der Waals surface area contributed by atoms with Gasteiger partial charge in [-0.25, -0.2) is 4.79 Å². The number of carbonyl (C=O) groups is 2. The number of amides is 3. The van der Waals surface area contributed by atoms with E-state index in [4.69, 9.17) is 10.00 Å². The third kappa shape index (κ3) is 5.08. The third-order valence-corrected chi connectivity index (χ3v) is 3.51. The number of urea groups is 1. The first-order valence-electron chi connectivity index (χ1n) is 7.75. The SMILES string of the molecule is Cc1ccc(NC(=O)NC(=O)[C@H](C)Oc2cccc(C#N)c2)c(C)c1. The molecule has 3 amide bonds. The van der Waals surface area contributed by atoms with Crippen molar-refractivity contribution in [2.45, 2.75) is 26.9 Å². The molecule has 0 aliphatic heterocycles. The van der Waals surface area contributed by atoms with Crippen molar-refractivity contribution in [3.63, 3.8) is 0 Å². The minimum atomic E-state index is -0.890. The second kappa shape index (κ2) is 7.97. The Bertz CT molecular complexity index is 840. The molecule has 0 spiro atoms. The number of hydrogen-bond acceptors (Lipinski definition) is 4. The van der Waals surface area contributed by atoms with E-state index in [0.717, 1.165) is 11.1 Å². The smallest absolute Gasteiger partial charge is 0.325 e. The van der Waals surface area contributed by atoms with E-state index in [1.807, 2.05) is 32.0 Å². The molecule has 0 aliphatic carbocycles. The zero-order valence-corrected chi connectivity index (χ0v) is 14.3. The number of rotatable bonds is 4. The van der Waals surface area contributed by atoms with Crippen LogP contribution in [0.3, 0.4) is 0 Å². The van der Waals surface area contributed by atoms with Crippen LogP contribution >= 0.6 is 0 Å². The summed E-state index contributed by atoms with van der Waals surface area (Å²) in [5.41, 5.74) is 3.05. The summed E-state index contributed by atoms with van der Waals surface area (Å²) in [6.07, 6.45) is -0.890. The molecular formula is C19H19N3O3. The maximum atomic E-state index is 12.1. The van der Waals surface area contributed by atoms with E-state index in [2.05, 4.69) is 10.6 Å². The fraction of sp³-hybridized carbons (Fsp3) is 0.211. The Kier molecular flexibility index (Phi) is 5.75. The van der Waals surface area contributed by atoms with Gasteiger partial charge >= 0.3 is 6.03 Å². The molecule has 2 N–H and O–H groups in total. The third-order valence-electron chi connectivity index (χ3n) is 3.51. The average molecular weight is 337 g/mol. The summed E-state index contributed by atoms with van der Waals surface area (Å²) in [6.45, 7) is 5.36. The average Bonchev–Trinajstić information content (AvgIpc) is 2.57. The molecule has 0 saturated carbocycles. The first-order chi connectivity index (χ1) is 11.9. The summed E-state index contributed by atoms with van der Waals surface area (Å²) in [7, 11) is 0. The van der Waals surface area contributed by atoms with Gasteiger partial charge in [0.2, 0.25) is 0 Å². The lowest BCUT2D eigenvalue weighted by atomic mass is 10.1. The fourth-order valence-electron chi connectivity index (χ4n) is 2.22. The molecule has 1 atom stereocenters. The Labute approximate surface area is 146 Å². The van der Waals surface area contributed by atoms with Crippen LogP contribution in [0.2, 0.25) is 0 Å². The molecule has 0 aliphatic rings. The van der Waals surface area contributed by atoms with Gasteiger partial charge in [-0.05, 0) is 50.6 Å². The molecule has 6 nitrogen and oxygen atoms in total. The number of nitrogens with zero attached hydrogens (tertiary/aromatic N) is 1. The topological polar surface area (TPSA) is 91.2 Å². The van der Waals surface area contributed by atoms with Gasteiger partial charge in [0.25, 0.3) is 5.91 Å². The molecule has 128 valence electrons. The molecule has 0 heterocycles. The van der Waals surface area contributed by atoms with Crippen LogP contribution < -0.4 is 15.4 Å². The molecule has 0 radical (unpaired) electrons. The van der Waals surface area contributed by atoms with E-state index >= 15 is 0 Å². The monoisotopic (exact) mass is 337 g/mol. The highest BCUT2D eigenvalue weighted by molar-refractivity contribution is 6.02. The molecule has 2 aromatic rings. The van der Waals surface area contributed by atoms with Gasteiger partial charge in [-0.15, -0.1) is 0 Å². The van der Waals surface area contributed by atoms with Crippen molar-refractivity contribution >= 4 is 17.6 Å². The lowest BCUT2D eigenvalue weighted by molar-refractivity contribution is -0.126. The normalized spacial score (nSPS) is 11.1. The van der Waals surface area contributed by atoms with Crippen LogP contribution in [-0.4, -0.2) is 18.0 Å². The molecule has 0 saturated heterocycles. The largest absolute Gasteiger partial charge is 0.481 e. The number of benzene rings is 2. The number of imide groups is 1. The van der Waals surface area contributed by atoms with Crippen LogP contribution in [0, 0.1) is 25.2 Å². The zero-order valence-electron chi connectivity index (χ0n) is 14.3. The molecule has 25 heavy (non-hydrogen) atoms. The fourth-order valence-corrected chi connectivity index (χ4v) is 2.22. The quantitative estimate of drug-likeness (QED) is 0.895. The van der Waals surface area contributed by atoms with Gasteiger partial charge in [-0.2, -0.15) is 5.26 Å². The van der Waals surface area contributed by atoms with Gasteiger partial charge in [-0.1, -0.05) is 23.8 Å². The van der Waals surface area contributed by atoms with Crippen LogP contribution in [-0.2, 0) is 4.79 Å². The van der Waals surface area contributed by atoms with Crippen molar-refractivity contribution in [1.29, 1.82) is 5.26 Å². The number of aryl methyl sites for hydroxylation is 2.